The minimum atomic E-state index is -4.61. The fourth-order valence-electron chi connectivity index (χ4n) is 6.13. The van der Waals surface area contributed by atoms with E-state index in [2.05, 4.69) is 10.3 Å². The molecule has 2 saturated heterocycles. The van der Waals surface area contributed by atoms with Crippen molar-refractivity contribution in [2.24, 2.45) is 11.8 Å². The van der Waals surface area contributed by atoms with E-state index in [1.807, 2.05) is 30.0 Å². The molecule has 0 bridgehead atoms. The largest absolute Gasteiger partial charge is 0.449 e. The number of unbranched alkanes of at least 4 members (excludes halogenated alkanes) is 1. The zero-order chi connectivity index (χ0) is 43.3. The number of nitrogens with zero attached hydrogens (tertiary/aromatic N) is 5. The molecule has 326 valence electrons. The molecule has 19 heteroatoms. The van der Waals surface area contributed by atoms with Crippen molar-refractivity contribution in [2.45, 2.75) is 92.5 Å². The molecule has 1 aromatic carbocycles. The number of nitrogens with one attached hydrogen (secondary N) is 1. The zero-order valence-corrected chi connectivity index (χ0v) is 36.2. The number of hydrogen-bond acceptors (Lipinski definition) is 15. The number of rotatable bonds is 19. The van der Waals surface area contributed by atoms with Gasteiger partial charge in [0.15, 0.2) is 5.82 Å². The van der Waals surface area contributed by atoms with Crippen LogP contribution in [0.5, 0.6) is 0 Å². The minimum Gasteiger partial charge on any atom is -0.449 e. The summed E-state index contributed by atoms with van der Waals surface area (Å²) in [5.41, 5.74) is 0.563. The van der Waals surface area contributed by atoms with E-state index in [1.165, 1.54) is 29.7 Å². The van der Waals surface area contributed by atoms with E-state index in [4.69, 9.17) is 33.0 Å². The van der Waals surface area contributed by atoms with Gasteiger partial charge in [-0.05, 0) is 26.7 Å². The molecule has 2 aliphatic rings. The van der Waals surface area contributed by atoms with Gasteiger partial charge in [-0.25, -0.2) is 14.8 Å². The maximum absolute atomic E-state index is 14.8. The van der Waals surface area contributed by atoms with Crippen molar-refractivity contribution < 1.29 is 56.5 Å². The number of carbonyl (C=O) groups excluding carboxylic acids is 5. The Hall–Kier alpha value is -4.64. The number of hydrogen-bond donors (Lipinski definition) is 1. The Bertz CT molecular complexity index is 1760. The Balaban J connectivity index is 1.70. The van der Waals surface area contributed by atoms with E-state index in [0.29, 0.717) is 30.9 Å². The highest BCUT2D eigenvalue weighted by Crippen LogP contribution is 2.51. The van der Waals surface area contributed by atoms with Crippen molar-refractivity contribution in [2.75, 3.05) is 64.0 Å². The lowest BCUT2D eigenvalue weighted by molar-refractivity contribution is -0.171. The number of benzene rings is 1. The minimum absolute atomic E-state index is 0.0402. The highest BCUT2D eigenvalue weighted by Gasteiger charge is 2.41. The number of amides is 3. The van der Waals surface area contributed by atoms with Gasteiger partial charge < -0.3 is 39.0 Å². The summed E-state index contributed by atoms with van der Waals surface area (Å²) < 4.78 is 47.9. The molecular weight excluding hydrogens is 787 g/mol. The lowest BCUT2D eigenvalue weighted by Crippen LogP contribution is -2.57. The molecule has 4 unspecified atom stereocenters. The van der Waals surface area contributed by atoms with Crippen LogP contribution in [-0.2, 0) is 46.9 Å². The second-order valence-electron chi connectivity index (χ2n) is 15.0. The number of methoxy groups -OCH3 is 1. The van der Waals surface area contributed by atoms with E-state index < -0.39 is 74.1 Å². The molecule has 2 aromatic rings. The van der Waals surface area contributed by atoms with Crippen LogP contribution in [0.1, 0.15) is 78.2 Å². The van der Waals surface area contributed by atoms with Crippen molar-refractivity contribution in [3.05, 3.63) is 42.1 Å². The van der Waals surface area contributed by atoms with Crippen molar-refractivity contribution in [3.8, 4) is 11.4 Å². The summed E-state index contributed by atoms with van der Waals surface area (Å²) in [6.45, 7) is 12.9. The highest BCUT2D eigenvalue weighted by molar-refractivity contribution is 7.54. The number of carbonyl (C=O) groups is 5. The second-order valence-corrected chi connectivity index (χ2v) is 17.0. The van der Waals surface area contributed by atoms with Crippen LogP contribution >= 0.6 is 7.60 Å². The summed E-state index contributed by atoms with van der Waals surface area (Å²) in [6.07, 6.45) is -1.87. The van der Waals surface area contributed by atoms with Gasteiger partial charge >= 0.3 is 25.6 Å². The highest BCUT2D eigenvalue weighted by atomic mass is 31.2. The first-order valence-electron chi connectivity index (χ1n) is 20.1. The zero-order valence-electron chi connectivity index (χ0n) is 35.3. The molecule has 4 atom stereocenters. The SMILES string of the molecule is CCCCOC(=O)N1CCN(C(=O)C(CP(=O)(OC(C)OC(=O)C(C)C)OC(C)OC(=O)C(C)C)NC(=O)c2cc(N3CCC(OC)C3)nc(-c3ccccc3)n2)CC1. The second kappa shape index (κ2) is 22.1. The van der Waals surface area contributed by atoms with Crippen molar-refractivity contribution in [3.63, 3.8) is 0 Å². The normalized spacial score (nSPS) is 18.2. The van der Waals surface area contributed by atoms with Gasteiger partial charge in [0.05, 0.1) is 30.7 Å². The first-order chi connectivity index (χ1) is 28.0. The quantitative estimate of drug-likeness (QED) is 0.0659. The summed E-state index contributed by atoms with van der Waals surface area (Å²) in [4.78, 5) is 80.7. The van der Waals surface area contributed by atoms with Crippen LogP contribution < -0.4 is 10.2 Å². The van der Waals surface area contributed by atoms with E-state index in [0.717, 1.165) is 12.8 Å². The summed E-state index contributed by atoms with van der Waals surface area (Å²) in [6, 6.07) is 9.01. The Morgan fingerprint density at radius 3 is 1.98 bits per heavy atom. The topological polar surface area (TPSA) is 205 Å². The van der Waals surface area contributed by atoms with Crippen LogP contribution in [0.15, 0.2) is 36.4 Å². The molecule has 2 fully saturated rings. The molecule has 0 aliphatic carbocycles. The predicted octanol–water partition coefficient (Wildman–Crippen LogP) is 4.86. The number of piperazine rings is 1. The van der Waals surface area contributed by atoms with Crippen molar-refractivity contribution >= 4 is 43.3 Å². The fourth-order valence-corrected chi connectivity index (χ4v) is 8.04. The number of esters is 2. The monoisotopic (exact) mass is 846 g/mol. The van der Waals surface area contributed by atoms with Crippen LogP contribution in [0.3, 0.4) is 0 Å². The number of aromatic nitrogens is 2. The van der Waals surface area contributed by atoms with Crippen molar-refractivity contribution in [1.82, 2.24) is 25.1 Å². The Morgan fingerprint density at radius 2 is 1.44 bits per heavy atom. The number of ether oxygens (including phenoxy) is 4. The summed E-state index contributed by atoms with van der Waals surface area (Å²) in [5.74, 6) is -3.15. The smallest absolute Gasteiger partial charge is 0.409 e. The third kappa shape index (κ3) is 14.0. The van der Waals surface area contributed by atoms with Gasteiger partial charge in [0.1, 0.15) is 17.6 Å². The summed E-state index contributed by atoms with van der Waals surface area (Å²) in [7, 11) is -2.97. The first kappa shape index (κ1) is 47.0. The average Bonchev–Trinajstić information content (AvgIpc) is 3.70. The number of anilines is 1. The molecule has 0 spiro atoms. The average molecular weight is 847 g/mol. The van der Waals surface area contributed by atoms with Gasteiger partial charge in [0.25, 0.3) is 5.91 Å². The van der Waals surface area contributed by atoms with Gasteiger partial charge in [0, 0.05) is 58.0 Å². The van der Waals surface area contributed by atoms with E-state index in [9.17, 15) is 28.5 Å². The van der Waals surface area contributed by atoms with Gasteiger partial charge in [-0.3, -0.25) is 32.8 Å². The third-order valence-electron chi connectivity index (χ3n) is 9.49. The molecule has 18 nitrogen and oxygen atoms in total. The predicted molar refractivity (Wildman–Crippen MR) is 216 cm³/mol. The molecule has 1 N–H and O–H groups in total. The third-order valence-corrected chi connectivity index (χ3v) is 11.5. The van der Waals surface area contributed by atoms with Crippen LogP contribution in [0.25, 0.3) is 11.4 Å². The molecule has 59 heavy (non-hydrogen) atoms. The molecule has 3 amide bonds. The maximum Gasteiger partial charge on any atom is 0.409 e. The molecule has 0 radical (unpaired) electrons. The Morgan fingerprint density at radius 1 is 0.847 bits per heavy atom. The standard InChI is InChI=1S/C40H59N6O12P/c1-9-10-22-54-40(51)45-20-18-44(19-21-45)37(48)33(25-59(52,57-28(6)55-38(49)26(2)3)58-29(7)56-39(50)27(4)5)42-36(47)32-23-34(46-17-16-31(24-46)53-8)43-35(41-32)30-14-12-11-13-15-30/h11-15,23,26-29,31,33H,9-10,16-22,24-25H2,1-8H3,(H,42,47). The molecule has 0 saturated carbocycles. The maximum atomic E-state index is 14.8. The lowest BCUT2D eigenvalue weighted by Gasteiger charge is -2.36. The van der Waals surface area contributed by atoms with E-state index >= 15 is 0 Å². The van der Waals surface area contributed by atoms with E-state index in [-0.39, 0.29) is 50.4 Å². The van der Waals surface area contributed by atoms with Crippen LogP contribution in [0.4, 0.5) is 10.6 Å². The van der Waals surface area contributed by atoms with Crippen LogP contribution in [0.2, 0.25) is 0 Å². The lowest BCUT2D eigenvalue weighted by atomic mass is 10.2. The van der Waals surface area contributed by atoms with Crippen molar-refractivity contribution in [1.29, 1.82) is 0 Å². The molecule has 3 heterocycles. The van der Waals surface area contributed by atoms with E-state index in [1.54, 1.807) is 46.9 Å². The van der Waals surface area contributed by atoms with Gasteiger partial charge in [0.2, 0.25) is 18.5 Å². The van der Waals surface area contributed by atoms with Gasteiger partial charge in [-0.15, -0.1) is 0 Å². The van der Waals surface area contributed by atoms with Gasteiger partial charge in [-0.2, -0.15) is 0 Å². The Kier molecular flexibility index (Phi) is 17.6. The summed E-state index contributed by atoms with van der Waals surface area (Å²) >= 11 is 0. The van der Waals surface area contributed by atoms with Crippen LogP contribution in [0, 0.1) is 11.8 Å². The molecule has 1 aromatic heterocycles. The van der Waals surface area contributed by atoms with Crippen LogP contribution in [-0.4, -0.2) is 133 Å². The molecular formula is C40H59N6O12P. The fraction of sp³-hybridized carbons (Fsp3) is 0.625. The summed E-state index contributed by atoms with van der Waals surface area (Å²) in [5, 5.41) is 2.72. The molecule has 4 rings (SSSR count). The molecule has 2 aliphatic heterocycles. The first-order valence-corrected chi connectivity index (χ1v) is 21.9. The Labute approximate surface area is 346 Å². The van der Waals surface area contributed by atoms with Gasteiger partial charge in [-0.1, -0.05) is 71.4 Å².